The number of anilines is 1. The van der Waals surface area contributed by atoms with Crippen LogP contribution in [-0.4, -0.2) is 64.1 Å². The Morgan fingerprint density at radius 3 is 2.36 bits per heavy atom. The minimum atomic E-state index is -0.681. The average molecular weight is 680 g/mol. The van der Waals surface area contributed by atoms with Crippen molar-refractivity contribution in [2.45, 2.75) is 44.1 Å². The first-order valence-electron chi connectivity index (χ1n) is 17.5. The molecule has 8 nitrogen and oxygen atoms in total. The SMILES string of the molecule is O=C(Oc1ccccc1F)C1[C@@H]2CC[C@H]1CN(c1nc(OCC34CCCN3CCC4)nc3c(F)c(-c4cccc5cccc(F)c45)ncc13)C2. The highest BCUT2D eigenvalue weighted by Crippen LogP contribution is 2.46. The Balaban J connectivity index is 1.09. The maximum atomic E-state index is 16.8. The molecule has 11 heteroatoms. The number of piperidine rings is 1. The van der Waals surface area contributed by atoms with E-state index in [0.717, 1.165) is 51.6 Å². The van der Waals surface area contributed by atoms with E-state index in [9.17, 15) is 9.18 Å². The van der Waals surface area contributed by atoms with Crippen molar-refractivity contribution in [3.63, 3.8) is 0 Å². The highest BCUT2D eigenvalue weighted by Gasteiger charge is 2.48. The highest BCUT2D eigenvalue weighted by molar-refractivity contribution is 5.99. The molecule has 0 radical (unpaired) electrons. The number of esters is 1. The van der Waals surface area contributed by atoms with Crippen molar-refractivity contribution in [3.8, 4) is 23.0 Å². The fourth-order valence-electron chi connectivity index (χ4n) is 9.15. The summed E-state index contributed by atoms with van der Waals surface area (Å²) in [5, 5.41) is 1.33. The van der Waals surface area contributed by atoms with Gasteiger partial charge in [0, 0.05) is 30.2 Å². The lowest BCUT2D eigenvalue weighted by Crippen LogP contribution is -2.46. The van der Waals surface area contributed by atoms with Crippen LogP contribution in [0.1, 0.15) is 38.5 Å². The molecule has 3 aromatic carbocycles. The second-order valence-corrected chi connectivity index (χ2v) is 14.2. The predicted molar refractivity (Wildman–Crippen MR) is 182 cm³/mol. The zero-order valence-corrected chi connectivity index (χ0v) is 27.5. The third-order valence-electron chi connectivity index (χ3n) is 11.5. The zero-order valence-electron chi connectivity index (χ0n) is 27.5. The quantitative estimate of drug-likeness (QED) is 0.131. The van der Waals surface area contributed by atoms with Gasteiger partial charge in [-0.25, -0.2) is 13.2 Å². The van der Waals surface area contributed by atoms with Crippen LogP contribution in [-0.2, 0) is 4.79 Å². The van der Waals surface area contributed by atoms with Gasteiger partial charge in [-0.05, 0) is 87.0 Å². The van der Waals surface area contributed by atoms with Gasteiger partial charge in [0.25, 0.3) is 0 Å². The van der Waals surface area contributed by atoms with Crippen LogP contribution in [0.5, 0.6) is 11.8 Å². The number of fused-ring (bicyclic) bond motifs is 5. The summed E-state index contributed by atoms with van der Waals surface area (Å²) in [6, 6.07) is 16.0. The molecule has 4 aliphatic rings. The number of benzene rings is 3. The number of para-hydroxylation sites is 1. The minimum absolute atomic E-state index is 0.00479. The molecule has 2 bridgehead atoms. The Hall–Kier alpha value is -4.77. The molecule has 3 aliphatic heterocycles. The molecule has 0 amide bonds. The monoisotopic (exact) mass is 679 g/mol. The van der Waals surface area contributed by atoms with Crippen LogP contribution >= 0.6 is 0 Å². The molecular weight excluding hydrogens is 643 g/mol. The summed E-state index contributed by atoms with van der Waals surface area (Å²) in [7, 11) is 0. The smallest absolute Gasteiger partial charge is 0.319 e. The Kier molecular flexibility index (Phi) is 7.63. The maximum Gasteiger partial charge on any atom is 0.319 e. The number of carbonyl (C=O) groups excluding carboxylic acids is 1. The summed E-state index contributed by atoms with van der Waals surface area (Å²) < 4.78 is 58.2. The van der Waals surface area contributed by atoms with Gasteiger partial charge in [0.05, 0.1) is 16.8 Å². The lowest BCUT2D eigenvalue weighted by Gasteiger charge is -2.38. The van der Waals surface area contributed by atoms with E-state index in [1.807, 2.05) is 0 Å². The summed E-state index contributed by atoms with van der Waals surface area (Å²) >= 11 is 0. The number of hydrogen-bond acceptors (Lipinski definition) is 8. The number of carbonyl (C=O) groups is 1. The van der Waals surface area contributed by atoms with Gasteiger partial charge in [-0.15, -0.1) is 0 Å². The van der Waals surface area contributed by atoms with Crippen molar-refractivity contribution >= 4 is 33.5 Å². The van der Waals surface area contributed by atoms with E-state index >= 15 is 8.78 Å². The van der Waals surface area contributed by atoms with Gasteiger partial charge in [0.1, 0.15) is 29.5 Å². The normalized spacial score (nSPS) is 22.7. The maximum absolute atomic E-state index is 16.8. The molecular formula is C39H36F3N5O3. The largest absolute Gasteiger partial charge is 0.461 e. The Labute approximate surface area is 287 Å². The fraction of sp³-hybridized carbons (Fsp3) is 0.385. The van der Waals surface area contributed by atoms with Crippen molar-refractivity contribution in [2.75, 3.05) is 37.7 Å². The Morgan fingerprint density at radius 2 is 1.60 bits per heavy atom. The molecule has 4 fully saturated rings. The fourth-order valence-corrected chi connectivity index (χ4v) is 9.15. The first-order chi connectivity index (χ1) is 24.4. The average Bonchev–Trinajstić information content (AvgIpc) is 3.79. The molecule has 1 aliphatic carbocycles. The van der Waals surface area contributed by atoms with Crippen LogP contribution in [0.4, 0.5) is 19.0 Å². The van der Waals surface area contributed by atoms with Gasteiger partial charge < -0.3 is 14.4 Å². The summed E-state index contributed by atoms with van der Waals surface area (Å²) in [5.41, 5.74) is 0.303. The highest BCUT2D eigenvalue weighted by atomic mass is 19.1. The number of hydrogen-bond donors (Lipinski definition) is 0. The van der Waals surface area contributed by atoms with Gasteiger partial charge in [-0.1, -0.05) is 42.5 Å². The van der Waals surface area contributed by atoms with Gasteiger partial charge in [0.15, 0.2) is 17.4 Å². The zero-order chi connectivity index (χ0) is 34.0. The van der Waals surface area contributed by atoms with Crippen LogP contribution in [0.25, 0.3) is 32.9 Å². The number of rotatable bonds is 7. The van der Waals surface area contributed by atoms with E-state index < -0.39 is 29.3 Å². The number of nitrogens with zero attached hydrogens (tertiary/aromatic N) is 5. The molecule has 2 aromatic heterocycles. The molecule has 1 unspecified atom stereocenters. The van der Waals surface area contributed by atoms with E-state index in [1.54, 1.807) is 48.7 Å². The molecule has 3 atom stereocenters. The number of aromatic nitrogens is 3. The second kappa shape index (κ2) is 12.2. The number of ether oxygens (including phenoxy) is 2. The first kappa shape index (κ1) is 31.2. The van der Waals surface area contributed by atoms with Crippen molar-refractivity contribution in [1.82, 2.24) is 19.9 Å². The Morgan fingerprint density at radius 1 is 0.880 bits per heavy atom. The van der Waals surface area contributed by atoms with E-state index in [-0.39, 0.29) is 45.7 Å². The van der Waals surface area contributed by atoms with Gasteiger partial charge >= 0.3 is 12.0 Å². The van der Waals surface area contributed by atoms with Gasteiger partial charge in [-0.3, -0.25) is 14.7 Å². The van der Waals surface area contributed by atoms with Crippen molar-refractivity contribution < 1.29 is 27.4 Å². The molecule has 3 saturated heterocycles. The van der Waals surface area contributed by atoms with E-state index in [2.05, 4.69) is 19.8 Å². The molecule has 0 N–H and O–H groups in total. The van der Waals surface area contributed by atoms with Crippen LogP contribution in [0, 0.1) is 35.2 Å². The molecule has 50 heavy (non-hydrogen) atoms. The summed E-state index contributed by atoms with van der Waals surface area (Å²) in [6.07, 6.45) is 7.43. The van der Waals surface area contributed by atoms with Crippen LogP contribution in [0.2, 0.25) is 0 Å². The number of halogens is 3. The van der Waals surface area contributed by atoms with Crippen molar-refractivity contribution in [3.05, 3.63) is 84.3 Å². The summed E-state index contributed by atoms with van der Waals surface area (Å²) in [5.74, 6) is -2.28. The van der Waals surface area contributed by atoms with Crippen LogP contribution in [0.15, 0.2) is 66.9 Å². The molecule has 256 valence electrons. The topological polar surface area (TPSA) is 80.7 Å². The molecule has 0 spiro atoms. The summed E-state index contributed by atoms with van der Waals surface area (Å²) in [4.78, 5) is 32.0. The Bertz CT molecular complexity index is 2120. The lowest BCUT2D eigenvalue weighted by molar-refractivity contribution is -0.142. The molecule has 5 heterocycles. The predicted octanol–water partition coefficient (Wildman–Crippen LogP) is 7.34. The van der Waals surface area contributed by atoms with Crippen LogP contribution < -0.4 is 14.4 Å². The molecule has 9 rings (SSSR count). The second-order valence-electron chi connectivity index (χ2n) is 14.2. The van der Waals surface area contributed by atoms with Crippen LogP contribution in [0.3, 0.4) is 0 Å². The first-order valence-corrected chi connectivity index (χ1v) is 17.5. The van der Waals surface area contributed by atoms with Crippen molar-refractivity contribution in [2.24, 2.45) is 17.8 Å². The van der Waals surface area contributed by atoms with Crippen molar-refractivity contribution in [1.29, 1.82) is 0 Å². The number of pyridine rings is 1. The molecule has 5 aromatic rings. The molecule has 1 saturated carbocycles. The standard InChI is InChI=1S/C39H36F3N5O3/c40-28-10-1-2-12-30(28)50-37(48)31-24-13-14-25(31)21-46(20-24)36-27-19-43-34(26-9-3-7-23-8-4-11-29(41)32(23)26)33(42)35(27)44-38(45-36)49-22-39-15-5-17-47(39)18-6-16-39/h1-4,7-12,19,24-25,31H,5-6,13-18,20-22H2/t24-,25+,31?. The van der Waals surface area contributed by atoms with E-state index in [0.29, 0.717) is 41.9 Å². The van der Waals surface area contributed by atoms with E-state index in [4.69, 9.17) is 14.5 Å². The summed E-state index contributed by atoms with van der Waals surface area (Å²) in [6.45, 7) is 3.41. The minimum Gasteiger partial charge on any atom is -0.461 e. The lowest BCUT2D eigenvalue weighted by atomic mass is 9.85. The van der Waals surface area contributed by atoms with Gasteiger partial charge in [-0.2, -0.15) is 9.97 Å². The third kappa shape index (κ3) is 5.16. The van der Waals surface area contributed by atoms with E-state index in [1.165, 1.54) is 18.2 Å². The van der Waals surface area contributed by atoms with Gasteiger partial charge in [0.2, 0.25) is 0 Å². The third-order valence-corrected chi connectivity index (χ3v) is 11.5.